The first kappa shape index (κ1) is 19.2. The van der Waals surface area contributed by atoms with Crippen molar-refractivity contribution in [2.24, 2.45) is 0 Å². The molecule has 6 nitrogen and oxygen atoms in total. The molecule has 1 fully saturated rings. The van der Waals surface area contributed by atoms with Gasteiger partial charge in [-0.1, -0.05) is 24.3 Å². The van der Waals surface area contributed by atoms with Crippen LogP contribution in [0.25, 0.3) is 5.69 Å². The summed E-state index contributed by atoms with van der Waals surface area (Å²) in [6.07, 6.45) is 3.04. The molecule has 1 aliphatic rings. The smallest absolute Gasteiger partial charge is 0.253 e. The Kier molecular flexibility index (Phi) is 5.62. The van der Waals surface area contributed by atoms with Crippen molar-refractivity contribution in [3.63, 3.8) is 0 Å². The number of rotatable bonds is 5. The van der Waals surface area contributed by atoms with Gasteiger partial charge in [0.05, 0.1) is 17.5 Å². The molecule has 0 spiro atoms. The van der Waals surface area contributed by atoms with Crippen LogP contribution in [-0.2, 0) is 6.54 Å². The van der Waals surface area contributed by atoms with Crippen molar-refractivity contribution in [2.45, 2.75) is 32.4 Å². The Morgan fingerprint density at radius 3 is 2.66 bits per heavy atom. The van der Waals surface area contributed by atoms with Gasteiger partial charge in [0.25, 0.3) is 5.91 Å². The molecule has 0 saturated carbocycles. The first-order chi connectivity index (χ1) is 14.1. The van der Waals surface area contributed by atoms with Crippen LogP contribution < -0.4 is 5.32 Å². The third kappa shape index (κ3) is 4.49. The first-order valence-electron chi connectivity index (χ1n) is 10.0. The van der Waals surface area contributed by atoms with Gasteiger partial charge in [-0.2, -0.15) is 5.10 Å². The molecule has 0 atom stereocenters. The highest BCUT2D eigenvalue weighted by Crippen LogP contribution is 2.18. The fourth-order valence-electron chi connectivity index (χ4n) is 3.59. The number of likely N-dealkylation sites (tertiary alicyclic amines) is 1. The molecule has 1 saturated heterocycles. The highest BCUT2D eigenvalue weighted by molar-refractivity contribution is 5.95. The molecule has 1 aromatic heterocycles. The number of carbonyl (C=O) groups excluding carboxylic acids is 1. The van der Waals surface area contributed by atoms with Crippen molar-refractivity contribution in [2.75, 3.05) is 18.4 Å². The summed E-state index contributed by atoms with van der Waals surface area (Å²) in [5.41, 5.74) is 4.68. The monoisotopic (exact) mass is 390 g/mol. The molecule has 2 N–H and O–H groups in total. The van der Waals surface area contributed by atoms with Gasteiger partial charge >= 0.3 is 0 Å². The molecule has 1 aliphatic heterocycles. The lowest BCUT2D eigenvalue weighted by Gasteiger charge is -2.29. The van der Waals surface area contributed by atoms with Crippen LogP contribution in [0, 0.1) is 6.92 Å². The number of aliphatic hydroxyl groups excluding tert-OH is 1. The second-order valence-electron chi connectivity index (χ2n) is 7.48. The minimum Gasteiger partial charge on any atom is -0.393 e. The molecule has 2 aromatic carbocycles. The molecule has 2 heterocycles. The number of nitrogens with zero attached hydrogens (tertiary/aromatic N) is 3. The number of nitrogens with one attached hydrogen (secondary N) is 1. The highest BCUT2D eigenvalue weighted by Gasteiger charge is 2.22. The quantitative estimate of drug-likeness (QED) is 0.701. The third-order valence-corrected chi connectivity index (χ3v) is 5.37. The second kappa shape index (κ2) is 8.49. The molecule has 0 unspecified atom stereocenters. The Hall–Kier alpha value is -3.12. The number of aryl methyl sites for hydroxylation is 1. The van der Waals surface area contributed by atoms with Gasteiger partial charge < -0.3 is 15.3 Å². The summed E-state index contributed by atoms with van der Waals surface area (Å²) in [6, 6.07) is 17.6. The molecule has 150 valence electrons. The van der Waals surface area contributed by atoms with E-state index in [9.17, 15) is 9.90 Å². The number of amides is 1. The van der Waals surface area contributed by atoms with Gasteiger partial charge in [-0.15, -0.1) is 0 Å². The summed E-state index contributed by atoms with van der Waals surface area (Å²) in [7, 11) is 0. The normalized spacial score (nSPS) is 14.8. The topological polar surface area (TPSA) is 70.4 Å². The third-order valence-electron chi connectivity index (χ3n) is 5.37. The van der Waals surface area contributed by atoms with Crippen LogP contribution in [0.2, 0.25) is 0 Å². The molecule has 0 aliphatic carbocycles. The molecule has 4 rings (SSSR count). The summed E-state index contributed by atoms with van der Waals surface area (Å²) in [5, 5.41) is 17.7. The molecular formula is C23H26N4O2. The van der Waals surface area contributed by atoms with Crippen LogP contribution in [0.5, 0.6) is 0 Å². The standard InChI is InChI=1S/C23H26N4O2/c1-17-19(16-27(25-17)21-8-3-2-4-9-21)15-24-20-7-5-6-18(14-20)23(29)26-12-10-22(28)11-13-26/h2-9,14,16,22,24,28H,10-13,15H2,1H3. The van der Waals surface area contributed by atoms with Gasteiger partial charge in [0.1, 0.15) is 0 Å². The minimum atomic E-state index is -0.285. The Morgan fingerprint density at radius 2 is 1.90 bits per heavy atom. The van der Waals surface area contributed by atoms with Gasteiger partial charge in [-0.3, -0.25) is 4.79 Å². The van der Waals surface area contributed by atoms with Crippen LogP contribution in [0.3, 0.4) is 0 Å². The van der Waals surface area contributed by atoms with Crippen molar-refractivity contribution >= 4 is 11.6 Å². The fraction of sp³-hybridized carbons (Fsp3) is 0.304. The summed E-state index contributed by atoms with van der Waals surface area (Å²) < 4.78 is 1.89. The number of hydrogen-bond donors (Lipinski definition) is 2. The highest BCUT2D eigenvalue weighted by atomic mass is 16.3. The maximum absolute atomic E-state index is 12.8. The Balaban J connectivity index is 1.42. The molecule has 3 aromatic rings. The molecular weight excluding hydrogens is 364 g/mol. The van der Waals surface area contributed by atoms with Crippen LogP contribution in [0.4, 0.5) is 5.69 Å². The van der Waals surface area contributed by atoms with Crippen LogP contribution in [0.15, 0.2) is 60.8 Å². The second-order valence-corrected chi connectivity index (χ2v) is 7.48. The van der Waals surface area contributed by atoms with Gasteiger partial charge in [0.15, 0.2) is 0 Å². The van der Waals surface area contributed by atoms with Gasteiger partial charge in [0, 0.05) is 42.6 Å². The van der Waals surface area contributed by atoms with Crippen LogP contribution >= 0.6 is 0 Å². The number of carbonyl (C=O) groups is 1. The number of benzene rings is 2. The Bertz CT molecular complexity index is 976. The molecule has 29 heavy (non-hydrogen) atoms. The van der Waals surface area contributed by atoms with Crippen molar-refractivity contribution in [1.82, 2.24) is 14.7 Å². The number of aliphatic hydroxyl groups is 1. The van der Waals surface area contributed by atoms with E-state index in [-0.39, 0.29) is 12.0 Å². The lowest BCUT2D eigenvalue weighted by Crippen LogP contribution is -2.40. The minimum absolute atomic E-state index is 0.0219. The molecule has 0 bridgehead atoms. The van der Waals surface area contributed by atoms with Crippen molar-refractivity contribution in [1.29, 1.82) is 0 Å². The van der Waals surface area contributed by atoms with E-state index in [1.54, 1.807) is 0 Å². The van der Waals surface area contributed by atoms with E-state index in [2.05, 4.69) is 10.4 Å². The van der Waals surface area contributed by atoms with Gasteiger partial charge in [0.2, 0.25) is 0 Å². The maximum atomic E-state index is 12.8. The van der Waals surface area contributed by atoms with Crippen molar-refractivity contribution in [3.8, 4) is 5.69 Å². The Morgan fingerprint density at radius 1 is 1.14 bits per heavy atom. The van der Waals surface area contributed by atoms with Crippen molar-refractivity contribution in [3.05, 3.63) is 77.6 Å². The van der Waals surface area contributed by atoms with Crippen LogP contribution in [0.1, 0.15) is 34.5 Å². The zero-order valence-electron chi connectivity index (χ0n) is 16.6. The number of piperidine rings is 1. The number of anilines is 1. The summed E-state index contributed by atoms with van der Waals surface area (Å²) in [5.74, 6) is 0.0219. The van der Waals surface area contributed by atoms with E-state index in [1.807, 2.05) is 77.3 Å². The van der Waals surface area contributed by atoms with E-state index < -0.39 is 0 Å². The maximum Gasteiger partial charge on any atom is 0.253 e. The van der Waals surface area contributed by atoms with Gasteiger partial charge in [-0.05, 0) is 50.1 Å². The lowest BCUT2D eigenvalue weighted by atomic mass is 10.1. The number of para-hydroxylation sites is 1. The number of hydrogen-bond acceptors (Lipinski definition) is 4. The van der Waals surface area contributed by atoms with Crippen LogP contribution in [-0.4, -0.2) is 44.9 Å². The van der Waals surface area contributed by atoms with Gasteiger partial charge in [-0.25, -0.2) is 4.68 Å². The average molecular weight is 390 g/mol. The largest absolute Gasteiger partial charge is 0.393 e. The van der Waals surface area contributed by atoms with E-state index in [0.717, 1.165) is 22.6 Å². The van der Waals surface area contributed by atoms with E-state index in [0.29, 0.717) is 38.0 Å². The van der Waals surface area contributed by atoms with E-state index in [4.69, 9.17) is 0 Å². The Labute approximate surface area is 170 Å². The summed E-state index contributed by atoms with van der Waals surface area (Å²) in [6.45, 7) is 3.85. The number of aromatic nitrogens is 2. The predicted octanol–water partition coefficient (Wildman–Crippen LogP) is 3.39. The zero-order chi connectivity index (χ0) is 20.2. The zero-order valence-corrected chi connectivity index (χ0v) is 16.6. The summed E-state index contributed by atoms with van der Waals surface area (Å²) in [4.78, 5) is 14.6. The lowest BCUT2D eigenvalue weighted by molar-refractivity contribution is 0.0546. The average Bonchev–Trinajstić information content (AvgIpc) is 3.14. The fourth-order valence-corrected chi connectivity index (χ4v) is 3.59. The molecule has 0 radical (unpaired) electrons. The molecule has 1 amide bonds. The van der Waals surface area contributed by atoms with Crippen molar-refractivity contribution < 1.29 is 9.90 Å². The first-order valence-corrected chi connectivity index (χ1v) is 10.0. The van der Waals surface area contributed by atoms with E-state index in [1.165, 1.54) is 0 Å². The van der Waals surface area contributed by atoms with E-state index >= 15 is 0 Å². The predicted molar refractivity (Wildman–Crippen MR) is 113 cm³/mol. The summed E-state index contributed by atoms with van der Waals surface area (Å²) >= 11 is 0. The SMILES string of the molecule is Cc1nn(-c2ccccc2)cc1CNc1cccc(C(=O)N2CCC(O)CC2)c1. The molecule has 6 heteroatoms.